The molecule has 4 aromatic rings. The first-order chi connectivity index (χ1) is 21.0. The molecule has 0 fully saturated rings. The van der Waals surface area contributed by atoms with E-state index >= 15 is 0 Å². The maximum absolute atomic E-state index is 12.0. The number of esters is 2. The summed E-state index contributed by atoms with van der Waals surface area (Å²) in [4.78, 5) is 24.0. The summed E-state index contributed by atoms with van der Waals surface area (Å²) in [6.45, 7) is 9.14. The summed E-state index contributed by atoms with van der Waals surface area (Å²) in [5.74, 6) is 1.36. The SMILES string of the molecule is C=CC(=O)OC(COc1ccccc1)COc1cc(C)c(OCC(COc2ccccc2)OC(=O)C=C)c2ccccc12. The fourth-order valence-corrected chi connectivity index (χ4v) is 4.19. The maximum Gasteiger partial charge on any atom is 0.330 e. The molecule has 2 atom stereocenters. The van der Waals surface area contributed by atoms with Crippen molar-refractivity contribution in [3.05, 3.63) is 122 Å². The Hall–Kier alpha value is -5.24. The minimum atomic E-state index is -0.690. The standard InChI is InChI=1S/C35H34O8/c1-4-33(36)42-28(21-38-26-14-8-6-9-15-26)23-40-32-20-25(3)35(31-19-13-12-18-30(31)32)41-24-29(43-34(37)5-2)22-39-27-16-10-7-11-17-27/h4-20,28-29H,1-2,21-24H2,3H3. The molecule has 0 radical (unpaired) electrons. The average molecular weight is 583 g/mol. The van der Waals surface area contributed by atoms with Crippen molar-refractivity contribution in [3.8, 4) is 23.0 Å². The first-order valence-electron chi connectivity index (χ1n) is 13.8. The third-order valence-corrected chi connectivity index (χ3v) is 6.24. The van der Waals surface area contributed by atoms with Crippen LogP contribution in [0.2, 0.25) is 0 Å². The van der Waals surface area contributed by atoms with Gasteiger partial charge in [0.15, 0.2) is 12.2 Å². The molecule has 8 heteroatoms. The minimum Gasteiger partial charge on any atom is -0.490 e. The molecule has 0 heterocycles. The zero-order valence-electron chi connectivity index (χ0n) is 24.0. The molecule has 0 saturated carbocycles. The lowest BCUT2D eigenvalue weighted by Gasteiger charge is -2.22. The highest BCUT2D eigenvalue weighted by Gasteiger charge is 2.20. The fraction of sp³-hybridized carbons (Fsp3) is 0.200. The monoisotopic (exact) mass is 582 g/mol. The molecule has 0 aliphatic heterocycles. The van der Waals surface area contributed by atoms with Crippen LogP contribution in [-0.4, -0.2) is 50.6 Å². The second-order valence-corrected chi connectivity index (χ2v) is 9.46. The fourth-order valence-electron chi connectivity index (χ4n) is 4.19. The maximum atomic E-state index is 12.0. The van der Waals surface area contributed by atoms with E-state index in [0.29, 0.717) is 23.0 Å². The Morgan fingerprint density at radius 2 is 1.07 bits per heavy atom. The quantitative estimate of drug-likeness (QED) is 0.113. The van der Waals surface area contributed by atoms with Gasteiger partial charge in [0.05, 0.1) is 0 Å². The smallest absolute Gasteiger partial charge is 0.330 e. The Balaban J connectivity index is 1.49. The summed E-state index contributed by atoms with van der Waals surface area (Å²) in [5, 5.41) is 1.59. The highest BCUT2D eigenvalue weighted by molar-refractivity contribution is 5.94. The van der Waals surface area contributed by atoms with Crippen molar-refractivity contribution in [3.63, 3.8) is 0 Å². The Bertz CT molecular complexity index is 1520. The number of benzene rings is 4. The third-order valence-electron chi connectivity index (χ3n) is 6.24. The number of para-hydroxylation sites is 2. The molecule has 222 valence electrons. The predicted octanol–water partition coefficient (Wildman–Crippen LogP) is 6.26. The lowest BCUT2D eigenvalue weighted by molar-refractivity contribution is -0.147. The van der Waals surface area contributed by atoms with Crippen molar-refractivity contribution in [1.82, 2.24) is 0 Å². The number of rotatable bonds is 16. The van der Waals surface area contributed by atoms with Gasteiger partial charge in [-0.1, -0.05) is 73.8 Å². The first kappa shape index (κ1) is 30.7. The van der Waals surface area contributed by atoms with E-state index < -0.39 is 24.1 Å². The van der Waals surface area contributed by atoms with E-state index in [1.165, 1.54) is 0 Å². The van der Waals surface area contributed by atoms with E-state index in [1.54, 1.807) is 0 Å². The van der Waals surface area contributed by atoms with Crippen LogP contribution < -0.4 is 18.9 Å². The topological polar surface area (TPSA) is 89.5 Å². The Kier molecular flexibility index (Phi) is 11.2. The Morgan fingerprint density at radius 1 is 0.628 bits per heavy atom. The molecule has 0 saturated heterocycles. The Morgan fingerprint density at radius 3 is 1.58 bits per heavy atom. The molecule has 8 nitrogen and oxygen atoms in total. The zero-order chi connectivity index (χ0) is 30.4. The molecule has 2 unspecified atom stereocenters. The molecule has 0 N–H and O–H groups in total. The molecule has 4 rings (SSSR count). The summed E-state index contributed by atoms with van der Waals surface area (Å²) in [6, 6.07) is 28.0. The molecule has 0 aromatic heterocycles. The van der Waals surface area contributed by atoms with Crippen LogP contribution in [0.15, 0.2) is 116 Å². The van der Waals surface area contributed by atoms with E-state index in [0.717, 1.165) is 28.5 Å². The third kappa shape index (κ3) is 9.13. The van der Waals surface area contributed by atoms with E-state index in [1.807, 2.05) is 97.9 Å². The second-order valence-electron chi connectivity index (χ2n) is 9.46. The van der Waals surface area contributed by atoms with Gasteiger partial charge in [0.2, 0.25) is 0 Å². The van der Waals surface area contributed by atoms with E-state index in [2.05, 4.69) is 13.2 Å². The number of carbonyl (C=O) groups excluding carboxylic acids is 2. The lowest BCUT2D eigenvalue weighted by Crippen LogP contribution is -2.31. The largest absolute Gasteiger partial charge is 0.490 e. The molecule has 0 spiro atoms. The van der Waals surface area contributed by atoms with Crippen LogP contribution in [0.5, 0.6) is 23.0 Å². The molecular weight excluding hydrogens is 548 g/mol. The van der Waals surface area contributed by atoms with Crippen molar-refractivity contribution in [2.45, 2.75) is 19.1 Å². The summed E-state index contributed by atoms with van der Waals surface area (Å²) < 4.78 is 35.0. The van der Waals surface area contributed by atoms with Crippen LogP contribution in [0.4, 0.5) is 0 Å². The molecule has 43 heavy (non-hydrogen) atoms. The molecule has 4 aromatic carbocycles. The van der Waals surface area contributed by atoms with E-state index in [4.69, 9.17) is 28.4 Å². The summed E-state index contributed by atoms with van der Waals surface area (Å²) in [5.41, 5.74) is 0.798. The van der Waals surface area contributed by atoms with Gasteiger partial charge in [-0.25, -0.2) is 9.59 Å². The van der Waals surface area contributed by atoms with Gasteiger partial charge >= 0.3 is 11.9 Å². The highest BCUT2D eigenvalue weighted by Crippen LogP contribution is 2.37. The van der Waals surface area contributed by atoms with Crippen LogP contribution in [-0.2, 0) is 19.1 Å². The molecule has 0 aliphatic carbocycles. The number of hydrogen-bond acceptors (Lipinski definition) is 8. The lowest BCUT2D eigenvalue weighted by atomic mass is 10.0. The van der Waals surface area contributed by atoms with Gasteiger partial charge in [0.25, 0.3) is 0 Å². The van der Waals surface area contributed by atoms with Crippen molar-refractivity contribution < 1.29 is 38.0 Å². The predicted molar refractivity (Wildman–Crippen MR) is 164 cm³/mol. The number of fused-ring (bicyclic) bond motifs is 1. The van der Waals surface area contributed by atoms with Crippen molar-refractivity contribution in [1.29, 1.82) is 0 Å². The van der Waals surface area contributed by atoms with Gasteiger partial charge < -0.3 is 28.4 Å². The van der Waals surface area contributed by atoms with Crippen molar-refractivity contribution >= 4 is 22.7 Å². The van der Waals surface area contributed by atoms with Crippen LogP contribution in [0.1, 0.15) is 5.56 Å². The second kappa shape index (κ2) is 15.7. The van der Waals surface area contributed by atoms with Gasteiger partial charge in [-0.05, 0) is 42.8 Å². The van der Waals surface area contributed by atoms with Crippen molar-refractivity contribution in [2.24, 2.45) is 0 Å². The van der Waals surface area contributed by atoms with E-state index in [9.17, 15) is 9.59 Å². The number of aryl methyl sites for hydroxylation is 1. The number of hydrogen-bond donors (Lipinski definition) is 0. The van der Waals surface area contributed by atoms with Crippen LogP contribution in [0.3, 0.4) is 0 Å². The van der Waals surface area contributed by atoms with E-state index in [-0.39, 0.29) is 26.4 Å². The van der Waals surface area contributed by atoms with Crippen molar-refractivity contribution in [2.75, 3.05) is 26.4 Å². The summed E-state index contributed by atoms with van der Waals surface area (Å²) in [7, 11) is 0. The van der Waals surface area contributed by atoms with Gasteiger partial charge in [-0.15, -0.1) is 0 Å². The molecule has 0 amide bonds. The van der Waals surface area contributed by atoms with Gasteiger partial charge in [-0.3, -0.25) is 0 Å². The molecular formula is C35H34O8. The molecule has 0 aliphatic rings. The first-order valence-corrected chi connectivity index (χ1v) is 13.8. The normalized spacial score (nSPS) is 11.9. The number of carbonyl (C=O) groups is 2. The minimum absolute atomic E-state index is 0.0481. The van der Waals surface area contributed by atoms with Gasteiger partial charge in [-0.2, -0.15) is 0 Å². The number of ether oxygens (including phenoxy) is 6. The molecule has 0 bridgehead atoms. The summed E-state index contributed by atoms with van der Waals surface area (Å²) in [6.07, 6.45) is 0.828. The van der Waals surface area contributed by atoms with Crippen LogP contribution in [0.25, 0.3) is 10.8 Å². The highest BCUT2D eigenvalue weighted by atomic mass is 16.6. The van der Waals surface area contributed by atoms with Crippen LogP contribution in [0, 0.1) is 6.92 Å². The zero-order valence-corrected chi connectivity index (χ0v) is 24.0. The summed E-state index contributed by atoms with van der Waals surface area (Å²) >= 11 is 0. The Labute approximate surface area is 251 Å². The average Bonchev–Trinajstić information content (AvgIpc) is 3.04. The van der Waals surface area contributed by atoms with Crippen LogP contribution >= 0.6 is 0 Å². The van der Waals surface area contributed by atoms with Gasteiger partial charge in [0, 0.05) is 22.9 Å². The van der Waals surface area contributed by atoms with Gasteiger partial charge in [0.1, 0.15) is 49.4 Å².